The van der Waals surface area contributed by atoms with Crippen molar-refractivity contribution in [3.05, 3.63) is 40.9 Å². The van der Waals surface area contributed by atoms with Crippen molar-refractivity contribution in [1.29, 1.82) is 0 Å². The molecule has 1 aromatic rings. The van der Waals surface area contributed by atoms with Gasteiger partial charge in [-0.05, 0) is 6.92 Å². The largest absolute Gasteiger partial charge is 0.205 e. The van der Waals surface area contributed by atoms with Crippen molar-refractivity contribution in [2.24, 2.45) is 0 Å². The lowest BCUT2D eigenvalue weighted by atomic mass is 10.2. The van der Waals surface area contributed by atoms with Gasteiger partial charge in [0.25, 0.3) is 0 Å². The van der Waals surface area contributed by atoms with E-state index in [2.05, 4.69) is 0 Å². The zero-order valence-corrected chi connectivity index (χ0v) is 6.90. The first-order valence-electron chi connectivity index (χ1n) is 3.29. The van der Waals surface area contributed by atoms with Gasteiger partial charge in [-0.1, -0.05) is 41.9 Å². The van der Waals surface area contributed by atoms with E-state index in [-0.39, 0.29) is 10.9 Å². The maximum Gasteiger partial charge on any atom is 0.144 e. The number of rotatable bonds is 1. The maximum atomic E-state index is 13.0. The highest BCUT2D eigenvalue weighted by atomic mass is 35.5. The van der Waals surface area contributed by atoms with Crippen molar-refractivity contribution < 1.29 is 4.39 Å². The van der Waals surface area contributed by atoms with Gasteiger partial charge in [0.1, 0.15) is 5.83 Å². The van der Waals surface area contributed by atoms with Gasteiger partial charge < -0.3 is 0 Å². The van der Waals surface area contributed by atoms with Crippen molar-refractivity contribution in [3.8, 4) is 0 Å². The third kappa shape index (κ3) is 2.05. The van der Waals surface area contributed by atoms with Gasteiger partial charge in [0.05, 0.1) is 5.03 Å². The first-order chi connectivity index (χ1) is 5.22. The fourth-order valence-electron chi connectivity index (χ4n) is 0.783. The molecule has 1 rings (SSSR count). The predicted molar refractivity (Wildman–Crippen MR) is 46.0 cm³/mol. The second-order valence-corrected chi connectivity index (χ2v) is 2.78. The Labute approximate surface area is 70.3 Å². The third-order valence-corrected chi connectivity index (χ3v) is 1.50. The second kappa shape index (κ2) is 3.54. The molecule has 0 atom stereocenters. The van der Waals surface area contributed by atoms with Gasteiger partial charge in [0.15, 0.2) is 0 Å². The summed E-state index contributed by atoms with van der Waals surface area (Å²) >= 11 is 5.47. The molecule has 58 valence electrons. The van der Waals surface area contributed by atoms with Crippen LogP contribution in [-0.4, -0.2) is 0 Å². The van der Waals surface area contributed by atoms with Crippen LogP contribution in [0.1, 0.15) is 12.5 Å². The van der Waals surface area contributed by atoms with E-state index < -0.39 is 0 Å². The van der Waals surface area contributed by atoms with Crippen LogP contribution < -0.4 is 0 Å². The fourth-order valence-corrected chi connectivity index (χ4v) is 0.892. The molecule has 0 unspecified atom stereocenters. The number of benzene rings is 1. The lowest BCUT2D eigenvalue weighted by Gasteiger charge is -1.96. The molecular weight excluding hydrogens is 163 g/mol. The molecular formula is C9H8ClF. The fraction of sp³-hybridized carbons (Fsp3) is 0.111. The summed E-state index contributed by atoms with van der Waals surface area (Å²) in [4.78, 5) is 0. The summed E-state index contributed by atoms with van der Waals surface area (Å²) < 4.78 is 13.0. The van der Waals surface area contributed by atoms with Gasteiger partial charge in [-0.15, -0.1) is 0 Å². The van der Waals surface area contributed by atoms with E-state index in [1.165, 1.54) is 6.92 Å². The van der Waals surface area contributed by atoms with Crippen LogP contribution in [0.5, 0.6) is 0 Å². The Morgan fingerprint density at radius 3 is 2.27 bits per heavy atom. The number of hydrogen-bond acceptors (Lipinski definition) is 0. The Hall–Kier alpha value is -0.820. The highest BCUT2D eigenvalue weighted by Gasteiger charge is 2.00. The van der Waals surface area contributed by atoms with E-state index >= 15 is 0 Å². The quantitative estimate of drug-likeness (QED) is 0.604. The summed E-state index contributed by atoms with van der Waals surface area (Å²) in [6.45, 7) is 1.53. The number of allylic oxidation sites excluding steroid dienone is 1. The van der Waals surface area contributed by atoms with E-state index in [1.807, 2.05) is 6.07 Å². The zero-order valence-electron chi connectivity index (χ0n) is 6.14. The van der Waals surface area contributed by atoms with Crippen LogP contribution in [-0.2, 0) is 0 Å². The van der Waals surface area contributed by atoms with E-state index in [1.54, 1.807) is 24.3 Å². The minimum Gasteiger partial charge on any atom is -0.205 e. The SMILES string of the molecule is C/C(Cl)=C(/F)c1ccccc1. The van der Waals surface area contributed by atoms with Crippen molar-refractivity contribution in [2.45, 2.75) is 6.92 Å². The molecule has 11 heavy (non-hydrogen) atoms. The van der Waals surface area contributed by atoms with Gasteiger partial charge in [-0.25, -0.2) is 4.39 Å². The maximum absolute atomic E-state index is 13.0. The van der Waals surface area contributed by atoms with Crippen molar-refractivity contribution >= 4 is 17.4 Å². The van der Waals surface area contributed by atoms with Crippen LogP contribution in [0.15, 0.2) is 35.4 Å². The van der Waals surface area contributed by atoms with Crippen LogP contribution in [0.2, 0.25) is 0 Å². The summed E-state index contributed by atoms with van der Waals surface area (Å²) in [5.41, 5.74) is 0.528. The van der Waals surface area contributed by atoms with Gasteiger partial charge in [-0.2, -0.15) is 0 Å². The normalized spacial score (nSPS) is 12.6. The van der Waals surface area contributed by atoms with Gasteiger partial charge in [0.2, 0.25) is 0 Å². The summed E-state index contributed by atoms with van der Waals surface area (Å²) in [5.74, 6) is -0.354. The molecule has 0 bridgehead atoms. The topological polar surface area (TPSA) is 0 Å². The van der Waals surface area contributed by atoms with E-state index in [0.717, 1.165) is 0 Å². The first-order valence-corrected chi connectivity index (χ1v) is 3.67. The highest BCUT2D eigenvalue weighted by Crippen LogP contribution is 2.21. The molecule has 0 amide bonds. The molecule has 0 spiro atoms. The average molecular weight is 171 g/mol. The molecule has 0 aromatic heterocycles. The van der Waals surface area contributed by atoms with E-state index in [0.29, 0.717) is 5.56 Å². The van der Waals surface area contributed by atoms with Crippen LogP contribution >= 0.6 is 11.6 Å². The van der Waals surface area contributed by atoms with Crippen LogP contribution in [0.3, 0.4) is 0 Å². The Morgan fingerprint density at radius 1 is 1.27 bits per heavy atom. The number of hydrogen-bond donors (Lipinski definition) is 0. The summed E-state index contributed by atoms with van der Waals surface area (Å²) in [6.07, 6.45) is 0. The van der Waals surface area contributed by atoms with Crippen LogP contribution in [0.25, 0.3) is 5.83 Å². The first kappa shape index (κ1) is 8.28. The van der Waals surface area contributed by atoms with Gasteiger partial charge >= 0.3 is 0 Å². The van der Waals surface area contributed by atoms with Gasteiger partial charge in [0, 0.05) is 5.56 Å². The van der Waals surface area contributed by atoms with Crippen molar-refractivity contribution in [3.63, 3.8) is 0 Å². The zero-order chi connectivity index (χ0) is 8.27. The molecule has 0 aliphatic heterocycles. The smallest absolute Gasteiger partial charge is 0.144 e. The second-order valence-electron chi connectivity index (χ2n) is 2.21. The minimum absolute atomic E-state index is 0.191. The van der Waals surface area contributed by atoms with Crippen molar-refractivity contribution in [2.75, 3.05) is 0 Å². The Morgan fingerprint density at radius 2 is 1.82 bits per heavy atom. The molecule has 0 saturated carbocycles. The molecule has 0 fully saturated rings. The molecule has 0 N–H and O–H groups in total. The summed E-state index contributed by atoms with van der Waals surface area (Å²) in [6, 6.07) is 8.74. The van der Waals surface area contributed by atoms with Crippen LogP contribution in [0, 0.1) is 0 Å². The Bertz CT molecular complexity index is 260. The predicted octanol–water partition coefficient (Wildman–Crippen LogP) is 3.58. The Balaban J connectivity index is 3.04. The molecule has 0 aliphatic rings. The molecule has 0 radical (unpaired) electrons. The highest BCUT2D eigenvalue weighted by molar-refractivity contribution is 6.31. The summed E-state index contributed by atoms with van der Waals surface area (Å²) in [7, 11) is 0. The standard InChI is InChI=1S/C9H8ClF/c1-7(10)9(11)8-5-3-2-4-6-8/h2-6H,1H3/b9-7-. The Kier molecular flexibility index (Phi) is 2.66. The minimum atomic E-state index is -0.354. The van der Waals surface area contributed by atoms with E-state index in [4.69, 9.17) is 11.6 Å². The lowest BCUT2D eigenvalue weighted by Crippen LogP contribution is -1.76. The molecule has 0 saturated heterocycles. The van der Waals surface area contributed by atoms with E-state index in [9.17, 15) is 4.39 Å². The molecule has 0 nitrogen and oxygen atoms in total. The average Bonchev–Trinajstić information content (AvgIpc) is 2.05. The van der Waals surface area contributed by atoms with Crippen LogP contribution in [0.4, 0.5) is 4.39 Å². The molecule has 2 heteroatoms. The van der Waals surface area contributed by atoms with Crippen molar-refractivity contribution in [1.82, 2.24) is 0 Å². The third-order valence-electron chi connectivity index (χ3n) is 1.33. The molecule has 0 aliphatic carbocycles. The number of halogens is 2. The monoisotopic (exact) mass is 170 g/mol. The molecule has 0 heterocycles. The molecule has 1 aromatic carbocycles. The summed E-state index contributed by atoms with van der Waals surface area (Å²) in [5, 5.41) is 0.191. The lowest BCUT2D eigenvalue weighted by molar-refractivity contribution is 0.756. The van der Waals surface area contributed by atoms with Gasteiger partial charge in [-0.3, -0.25) is 0 Å².